The van der Waals surface area contributed by atoms with Crippen molar-refractivity contribution < 1.29 is 4.79 Å². The SMILES string of the molecule is Cc1ccccc1C(=O)N1CC2CNCC2C1C. The highest BCUT2D eigenvalue weighted by molar-refractivity contribution is 5.96. The number of likely N-dealkylation sites (tertiary alicyclic amines) is 1. The molecule has 2 saturated heterocycles. The Labute approximate surface area is 108 Å². The van der Waals surface area contributed by atoms with Crippen molar-refractivity contribution in [2.24, 2.45) is 11.8 Å². The zero-order valence-corrected chi connectivity index (χ0v) is 11.0. The number of carbonyl (C=O) groups is 1. The van der Waals surface area contributed by atoms with E-state index in [4.69, 9.17) is 0 Å². The van der Waals surface area contributed by atoms with E-state index >= 15 is 0 Å². The highest BCUT2D eigenvalue weighted by Gasteiger charge is 2.43. The van der Waals surface area contributed by atoms with Crippen LogP contribution in [0.3, 0.4) is 0 Å². The minimum Gasteiger partial charge on any atom is -0.335 e. The first kappa shape index (κ1) is 11.7. The average molecular weight is 244 g/mol. The lowest BCUT2D eigenvalue weighted by Gasteiger charge is -2.25. The second-order valence-corrected chi connectivity index (χ2v) is 5.60. The Balaban J connectivity index is 1.84. The van der Waals surface area contributed by atoms with E-state index in [-0.39, 0.29) is 5.91 Å². The van der Waals surface area contributed by atoms with Gasteiger partial charge in [-0.1, -0.05) is 18.2 Å². The van der Waals surface area contributed by atoms with Crippen LogP contribution in [0.15, 0.2) is 24.3 Å². The van der Waals surface area contributed by atoms with Crippen molar-refractivity contribution in [3.05, 3.63) is 35.4 Å². The summed E-state index contributed by atoms with van der Waals surface area (Å²) >= 11 is 0. The van der Waals surface area contributed by atoms with E-state index in [1.54, 1.807) is 0 Å². The predicted molar refractivity (Wildman–Crippen MR) is 71.5 cm³/mol. The van der Waals surface area contributed by atoms with Crippen LogP contribution in [-0.2, 0) is 0 Å². The molecule has 0 aromatic heterocycles. The van der Waals surface area contributed by atoms with Gasteiger partial charge in [0.05, 0.1) is 0 Å². The van der Waals surface area contributed by atoms with Gasteiger partial charge >= 0.3 is 0 Å². The van der Waals surface area contributed by atoms with Crippen LogP contribution in [0.5, 0.6) is 0 Å². The van der Waals surface area contributed by atoms with Crippen LogP contribution in [-0.4, -0.2) is 36.5 Å². The zero-order chi connectivity index (χ0) is 12.7. The molecule has 0 radical (unpaired) electrons. The first-order valence-corrected chi connectivity index (χ1v) is 6.76. The highest BCUT2D eigenvalue weighted by Crippen LogP contribution is 2.33. The van der Waals surface area contributed by atoms with Gasteiger partial charge in [0.25, 0.3) is 5.91 Å². The van der Waals surface area contributed by atoms with Gasteiger partial charge in [0.2, 0.25) is 0 Å². The van der Waals surface area contributed by atoms with Crippen LogP contribution >= 0.6 is 0 Å². The van der Waals surface area contributed by atoms with Crippen molar-refractivity contribution in [3.8, 4) is 0 Å². The molecule has 0 aliphatic carbocycles. The lowest BCUT2D eigenvalue weighted by atomic mass is 9.95. The summed E-state index contributed by atoms with van der Waals surface area (Å²) in [6, 6.07) is 8.24. The van der Waals surface area contributed by atoms with Gasteiger partial charge in [0.1, 0.15) is 0 Å². The molecule has 1 amide bonds. The number of hydrogen-bond donors (Lipinski definition) is 1. The minimum atomic E-state index is 0.204. The number of carbonyl (C=O) groups excluding carboxylic acids is 1. The van der Waals surface area contributed by atoms with Gasteiger partial charge in [-0.15, -0.1) is 0 Å². The topological polar surface area (TPSA) is 32.3 Å². The molecule has 0 bridgehead atoms. The third-order valence-electron chi connectivity index (χ3n) is 4.57. The number of nitrogens with zero attached hydrogens (tertiary/aromatic N) is 1. The van der Waals surface area contributed by atoms with Crippen LogP contribution in [0.2, 0.25) is 0 Å². The summed E-state index contributed by atoms with van der Waals surface area (Å²) in [4.78, 5) is 14.7. The Kier molecular flexibility index (Phi) is 2.86. The number of aryl methyl sites for hydroxylation is 1. The predicted octanol–water partition coefficient (Wildman–Crippen LogP) is 1.67. The maximum Gasteiger partial charge on any atom is 0.254 e. The smallest absolute Gasteiger partial charge is 0.254 e. The Morgan fingerprint density at radius 2 is 2.11 bits per heavy atom. The average Bonchev–Trinajstić information content (AvgIpc) is 2.93. The van der Waals surface area contributed by atoms with Crippen LogP contribution in [0.4, 0.5) is 0 Å². The molecule has 3 atom stereocenters. The summed E-state index contributed by atoms with van der Waals surface area (Å²) in [5.41, 5.74) is 1.93. The van der Waals surface area contributed by atoms with E-state index < -0.39 is 0 Å². The molecule has 3 unspecified atom stereocenters. The maximum absolute atomic E-state index is 12.6. The van der Waals surface area contributed by atoms with E-state index in [9.17, 15) is 4.79 Å². The van der Waals surface area contributed by atoms with E-state index in [1.165, 1.54) is 0 Å². The van der Waals surface area contributed by atoms with Crippen LogP contribution in [0.1, 0.15) is 22.8 Å². The molecule has 2 fully saturated rings. The molecule has 2 aliphatic heterocycles. The number of fused-ring (bicyclic) bond motifs is 1. The van der Waals surface area contributed by atoms with Gasteiger partial charge in [-0.25, -0.2) is 0 Å². The van der Waals surface area contributed by atoms with Gasteiger partial charge < -0.3 is 10.2 Å². The Bertz CT molecular complexity index is 471. The fraction of sp³-hybridized carbons (Fsp3) is 0.533. The molecule has 3 heteroatoms. The summed E-state index contributed by atoms with van der Waals surface area (Å²) in [5, 5.41) is 3.43. The Morgan fingerprint density at radius 3 is 2.83 bits per heavy atom. The molecule has 1 aromatic rings. The summed E-state index contributed by atoms with van der Waals surface area (Å²) in [6.07, 6.45) is 0. The third-order valence-corrected chi connectivity index (χ3v) is 4.57. The van der Waals surface area contributed by atoms with Gasteiger partial charge in [-0.3, -0.25) is 4.79 Å². The molecular formula is C15H20N2O. The first-order chi connectivity index (χ1) is 8.68. The second-order valence-electron chi connectivity index (χ2n) is 5.60. The van der Waals surface area contributed by atoms with E-state index in [1.807, 2.05) is 31.2 Å². The Morgan fingerprint density at radius 1 is 1.33 bits per heavy atom. The van der Waals surface area contributed by atoms with Crippen molar-refractivity contribution in [3.63, 3.8) is 0 Å². The van der Waals surface area contributed by atoms with E-state index in [2.05, 4.69) is 17.1 Å². The van der Waals surface area contributed by atoms with Gasteiger partial charge in [0, 0.05) is 31.2 Å². The van der Waals surface area contributed by atoms with Gasteiger partial charge in [-0.05, 0) is 37.3 Å². The number of nitrogens with one attached hydrogen (secondary N) is 1. The molecule has 3 rings (SSSR count). The van der Waals surface area contributed by atoms with Crippen molar-refractivity contribution in [1.82, 2.24) is 10.2 Å². The largest absolute Gasteiger partial charge is 0.335 e. The monoisotopic (exact) mass is 244 g/mol. The zero-order valence-electron chi connectivity index (χ0n) is 11.0. The summed E-state index contributed by atoms with van der Waals surface area (Å²) in [6.45, 7) is 7.23. The molecule has 1 N–H and O–H groups in total. The molecular weight excluding hydrogens is 224 g/mol. The summed E-state index contributed by atoms with van der Waals surface area (Å²) < 4.78 is 0. The Hall–Kier alpha value is -1.35. The summed E-state index contributed by atoms with van der Waals surface area (Å²) in [7, 11) is 0. The number of hydrogen-bond acceptors (Lipinski definition) is 2. The molecule has 18 heavy (non-hydrogen) atoms. The normalized spacial score (nSPS) is 30.6. The van der Waals surface area contributed by atoms with Crippen LogP contribution in [0.25, 0.3) is 0 Å². The quantitative estimate of drug-likeness (QED) is 0.815. The fourth-order valence-corrected chi connectivity index (χ4v) is 3.40. The molecule has 2 heterocycles. The van der Waals surface area contributed by atoms with E-state index in [0.717, 1.165) is 30.8 Å². The highest BCUT2D eigenvalue weighted by atomic mass is 16.2. The van der Waals surface area contributed by atoms with Crippen LogP contribution in [0, 0.1) is 18.8 Å². The molecule has 3 nitrogen and oxygen atoms in total. The molecule has 0 saturated carbocycles. The van der Waals surface area contributed by atoms with E-state index in [0.29, 0.717) is 17.9 Å². The van der Waals surface area contributed by atoms with Crippen molar-refractivity contribution >= 4 is 5.91 Å². The number of amides is 1. The second kappa shape index (κ2) is 4.39. The molecule has 1 aromatic carbocycles. The van der Waals surface area contributed by atoms with Crippen molar-refractivity contribution in [2.45, 2.75) is 19.9 Å². The lowest BCUT2D eigenvalue weighted by Crippen LogP contribution is -2.38. The van der Waals surface area contributed by atoms with Crippen LogP contribution < -0.4 is 5.32 Å². The minimum absolute atomic E-state index is 0.204. The van der Waals surface area contributed by atoms with Crippen molar-refractivity contribution in [1.29, 1.82) is 0 Å². The fourth-order valence-electron chi connectivity index (χ4n) is 3.40. The standard InChI is InChI=1S/C15H20N2O/c1-10-5-3-4-6-13(10)15(18)17-9-12-7-16-8-14(12)11(17)2/h3-6,11-12,14,16H,7-9H2,1-2H3. The number of rotatable bonds is 1. The maximum atomic E-state index is 12.6. The molecule has 0 spiro atoms. The van der Waals surface area contributed by atoms with Gasteiger partial charge in [-0.2, -0.15) is 0 Å². The lowest BCUT2D eigenvalue weighted by molar-refractivity contribution is 0.0728. The first-order valence-electron chi connectivity index (χ1n) is 6.76. The third kappa shape index (κ3) is 1.74. The molecule has 2 aliphatic rings. The molecule has 96 valence electrons. The van der Waals surface area contributed by atoms with Crippen molar-refractivity contribution in [2.75, 3.05) is 19.6 Å². The summed E-state index contributed by atoms with van der Waals surface area (Å²) in [5.74, 6) is 1.49. The number of benzene rings is 1. The van der Waals surface area contributed by atoms with Gasteiger partial charge in [0.15, 0.2) is 0 Å².